The molecule has 1 aliphatic rings. The van der Waals surface area contributed by atoms with Gasteiger partial charge in [0.2, 0.25) is 0 Å². The van der Waals surface area contributed by atoms with Crippen LogP contribution in [0.3, 0.4) is 0 Å². The van der Waals surface area contributed by atoms with E-state index in [1.807, 2.05) is 50.2 Å². The zero-order valence-electron chi connectivity index (χ0n) is 14.6. The van der Waals surface area contributed by atoms with Crippen LogP contribution in [0.4, 0.5) is 4.79 Å². The number of aryl methyl sites for hydroxylation is 1. The number of amides is 3. The molecule has 0 saturated carbocycles. The Kier molecular flexibility index (Phi) is 3.72. The number of hydrogen-bond acceptors (Lipinski definition) is 4. The van der Waals surface area contributed by atoms with Crippen LogP contribution in [0.1, 0.15) is 30.3 Å². The number of imidazole rings is 1. The standard InChI is InChI=1S/C19H19N5O2/c1-3-19(13-7-5-4-6-8-13)17(25)24(18(26)23-19)11-14-21-15-12(2)9-10-20-16(15)22-14/h4-10H,3,11H2,1-2H3,(H,23,26)(H,20,21,22)/t19-/m1/s1. The molecule has 3 aromatic rings. The van der Waals surface area contributed by atoms with Crippen molar-refractivity contribution in [3.05, 3.63) is 59.5 Å². The molecule has 0 unspecified atom stereocenters. The highest BCUT2D eigenvalue weighted by molar-refractivity contribution is 6.07. The molecule has 7 heteroatoms. The number of hydrogen-bond donors (Lipinski definition) is 2. The van der Waals surface area contributed by atoms with Gasteiger partial charge in [0.1, 0.15) is 11.4 Å². The highest BCUT2D eigenvalue weighted by Crippen LogP contribution is 2.33. The van der Waals surface area contributed by atoms with Crippen LogP contribution in [0.15, 0.2) is 42.6 Å². The summed E-state index contributed by atoms with van der Waals surface area (Å²) in [5.74, 6) is 0.270. The lowest BCUT2D eigenvalue weighted by Gasteiger charge is -2.25. The molecule has 0 spiro atoms. The van der Waals surface area contributed by atoms with Crippen LogP contribution >= 0.6 is 0 Å². The smallest absolute Gasteiger partial charge is 0.325 e. The molecule has 132 valence electrons. The molecule has 1 aliphatic heterocycles. The Labute approximate surface area is 150 Å². The number of carbonyl (C=O) groups excluding carboxylic acids is 2. The van der Waals surface area contributed by atoms with E-state index in [9.17, 15) is 9.59 Å². The van der Waals surface area contributed by atoms with Gasteiger partial charge in [0.05, 0.1) is 12.1 Å². The molecular formula is C19H19N5O2. The van der Waals surface area contributed by atoms with Crippen LogP contribution in [0.25, 0.3) is 11.2 Å². The number of rotatable bonds is 4. The van der Waals surface area contributed by atoms with Crippen molar-refractivity contribution in [2.24, 2.45) is 0 Å². The van der Waals surface area contributed by atoms with Gasteiger partial charge in [-0.05, 0) is 30.5 Å². The van der Waals surface area contributed by atoms with Gasteiger partial charge in [-0.2, -0.15) is 0 Å². The Balaban J connectivity index is 1.68. The molecule has 0 radical (unpaired) electrons. The normalized spacial score (nSPS) is 20.0. The van der Waals surface area contributed by atoms with Gasteiger partial charge >= 0.3 is 6.03 Å². The van der Waals surface area contributed by atoms with Gasteiger partial charge in [0.15, 0.2) is 5.65 Å². The monoisotopic (exact) mass is 349 g/mol. The highest BCUT2D eigenvalue weighted by Gasteiger charge is 2.51. The molecule has 1 aromatic carbocycles. The van der Waals surface area contributed by atoms with Crippen LogP contribution < -0.4 is 5.32 Å². The van der Waals surface area contributed by atoms with Crippen LogP contribution in [0.5, 0.6) is 0 Å². The molecule has 26 heavy (non-hydrogen) atoms. The van der Waals surface area contributed by atoms with Crippen molar-refractivity contribution in [2.75, 3.05) is 0 Å². The number of nitrogens with one attached hydrogen (secondary N) is 2. The summed E-state index contributed by atoms with van der Waals surface area (Å²) in [6.07, 6.45) is 2.16. The Bertz CT molecular complexity index is 998. The van der Waals surface area contributed by atoms with Crippen molar-refractivity contribution in [3.8, 4) is 0 Å². The minimum Gasteiger partial charge on any atom is -0.339 e. The third-order valence-electron chi connectivity index (χ3n) is 4.93. The summed E-state index contributed by atoms with van der Waals surface area (Å²) in [6.45, 7) is 3.93. The number of urea groups is 1. The van der Waals surface area contributed by atoms with Crippen molar-refractivity contribution in [1.29, 1.82) is 0 Å². The average Bonchev–Trinajstić information content (AvgIpc) is 3.18. The van der Waals surface area contributed by atoms with E-state index < -0.39 is 11.6 Å². The van der Waals surface area contributed by atoms with Crippen molar-refractivity contribution in [3.63, 3.8) is 0 Å². The predicted octanol–water partition coefficient (Wildman–Crippen LogP) is 2.62. The molecular weight excluding hydrogens is 330 g/mol. The summed E-state index contributed by atoms with van der Waals surface area (Å²) in [6, 6.07) is 10.8. The quantitative estimate of drug-likeness (QED) is 0.709. The van der Waals surface area contributed by atoms with Gasteiger partial charge in [-0.3, -0.25) is 9.69 Å². The van der Waals surface area contributed by atoms with E-state index in [1.165, 1.54) is 4.90 Å². The second kappa shape index (κ2) is 5.94. The summed E-state index contributed by atoms with van der Waals surface area (Å²) in [5.41, 5.74) is 2.17. The second-order valence-corrected chi connectivity index (χ2v) is 6.46. The molecule has 0 aliphatic carbocycles. The van der Waals surface area contributed by atoms with E-state index in [4.69, 9.17) is 0 Å². The fraction of sp³-hybridized carbons (Fsp3) is 0.263. The Hall–Kier alpha value is -3.22. The minimum atomic E-state index is -1.03. The maximum atomic E-state index is 13.1. The van der Waals surface area contributed by atoms with Gasteiger partial charge in [-0.15, -0.1) is 0 Å². The van der Waals surface area contributed by atoms with Crippen molar-refractivity contribution >= 4 is 23.1 Å². The van der Waals surface area contributed by atoms with Gasteiger partial charge in [-0.1, -0.05) is 37.3 Å². The van der Waals surface area contributed by atoms with Crippen molar-refractivity contribution < 1.29 is 9.59 Å². The summed E-state index contributed by atoms with van der Waals surface area (Å²) in [7, 11) is 0. The van der Waals surface area contributed by atoms with Gasteiger partial charge in [0.25, 0.3) is 5.91 Å². The number of benzene rings is 1. The molecule has 2 aromatic heterocycles. The van der Waals surface area contributed by atoms with E-state index >= 15 is 0 Å². The molecule has 3 amide bonds. The number of carbonyl (C=O) groups is 2. The second-order valence-electron chi connectivity index (χ2n) is 6.46. The lowest BCUT2D eigenvalue weighted by atomic mass is 9.87. The van der Waals surface area contributed by atoms with E-state index in [2.05, 4.69) is 20.3 Å². The lowest BCUT2D eigenvalue weighted by molar-refractivity contribution is -0.132. The maximum Gasteiger partial charge on any atom is 0.325 e. The SMILES string of the molecule is CC[C@]1(c2ccccc2)NC(=O)N(Cc2nc3nccc(C)c3[nH]2)C1=O. The van der Waals surface area contributed by atoms with Crippen molar-refractivity contribution in [1.82, 2.24) is 25.2 Å². The van der Waals surface area contributed by atoms with E-state index in [0.717, 1.165) is 16.6 Å². The molecule has 4 rings (SSSR count). The summed E-state index contributed by atoms with van der Waals surface area (Å²) in [5, 5.41) is 2.88. The molecule has 1 atom stereocenters. The van der Waals surface area contributed by atoms with Crippen molar-refractivity contribution in [2.45, 2.75) is 32.4 Å². The lowest BCUT2D eigenvalue weighted by Crippen LogP contribution is -2.43. The largest absolute Gasteiger partial charge is 0.339 e. The molecule has 0 bridgehead atoms. The van der Waals surface area contributed by atoms with Crippen LogP contribution in [0.2, 0.25) is 0 Å². The zero-order valence-corrected chi connectivity index (χ0v) is 14.6. The number of imide groups is 1. The van der Waals surface area contributed by atoms with Gasteiger partial charge < -0.3 is 10.3 Å². The molecule has 3 heterocycles. The number of nitrogens with zero attached hydrogens (tertiary/aromatic N) is 3. The van der Waals surface area contributed by atoms with E-state index in [-0.39, 0.29) is 12.5 Å². The Morgan fingerprint density at radius 1 is 1.15 bits per heavy atom. The third-order valence-corrected chi connectivity index (χ3v) is 4.93. The number of aromatic amines is 1. The van der Waals surface area contributed by atoms with Crippen LogP contribution in [0, 0.1) is 6.92 Å². The van der Waals surface area contributed by atoms with Gasteiger partial charge in [0, 0.05) is 6.20 Å². The predicted molar refractivity (Wildman–Crippen MR) is 96.1 cm³/mol. The number of H-pyrrole nitrogens is 1. The first-order valence-electron chi connectivity index (χ1n) is 8.55. The Morgan fingerprint density at radius 2 is 1.92 bits per heavy atom. The zero-order chi connectivity index (χ0) is 18.3. The highest BCUT2D eigenvalue weighted by atomic mass is 16.2. The van der Waals surface area contributed by atoms with Gasteiger partial charge in [-0.25, -0.2) is 14.8 Å². The minimum absolute atomic E-state index is 0.0784. The molecule has 7 nitrogen and oxygen atoms in total. The molecule has 1 fully saturated rings. The first-order chi connectivity index (χ1) is 12.5. The van der Waals surface area contributed by atoms with E-state index in [0.29, 0.717) is 17.9 Å². The third kappa shape index (κ3) is 2.35. The number of pyridine rings is 1. The fourth-order valence-corrected chi connectivity index (χ4v) is 3.44. The summed E-state index contributed by atoms with van der Waals surface area (Å²) < 4.78 is 0. The van der Waals surface area contributed by atoms with E-state index in [1.54, 1.807) is 6.20 Å². The van der Waals surface area contributed by atoms with Crippen LogP contribution in [-0.2, 0) is 16.9 Å². The van der Waals surface area contributed by atoms with Crippen LogP contribution in [-0.4, -0.2) is 31.8 Å². The molecule has 2 N–H and O–H groups in total. The topological polar surface area (TPSA) is 91.0 Å². The Morgan fingerprint density at radius 3 is 2.62 bits per heavy atom. The first-order valence-corrected chi connectivity index (χ1v) is 8.55. The molecule has 1 saturated heterocycles. The average molecular weight is 349 g/mol. The number of aromatic nitrogens is 3. The summed E-state index contributed by atoms with van der Waals surface area (Å²) >= 11 is 0. The fourth-order valence-electron chi connectivity index (χ4n) is 3.44. The number of fused-ring (bicyclic) bond motifs is 1. The maximum absolute atomic E-state index is 13.1. The first kappa shape index (κ1) is 16.3. The summed E-state index contributed by atoms with van der Waals surface area (Å²) in [4.78, 5) is 38.7.